The second-order valence-corrected chi connectivity index (χ2v) is 8.65. The molecule has 0 aliphatic carbocycles. The van der Waals surface area contributed by atoms with Gasteiger partial charge in [0.25, 0.3) is 0 Å². The highest BCUT2D eigenvalue weighted by molar-refractivity contribution is 6.31. The molecular weight excluding hydrogens is 458 g/mol. The minimum Gasteiger partial charge on any atom is -0.352 e. The first-order valence-corrected chi connectivity index (χ1v) is 11.3. The van der Waals surface area contributed by atoms with E-state index in [-0.39, 0.29) is 24.0 Å². The Morgan fingerprint density at radius 1 is 0.853 bits per heavy atom. The Morgan fingerprint density at radius 2 is 1.50 bits per heavy atom. The summed E-state index contributed by atoms with van der Waals surface area (Å²) in [6, 6.07) is 17.6. The molecule has 172 valence electrons. The van der Waals surface area contributed by atoms with E-state index in [4.69, 9.17) is 16.6 Å². The highest BCUT2D eigenvalue weighted by Gasteiger charge is 2.24. The summed E-state index contributed by atoms with van der Waals surface area (Å²) in [4.78, 5) is 26.2. The topological polar surface area (TPSA) is 49.3 Å². The molecule has 0 bridgehead atoms. The van der Waals surface area contributed by atoms with Gasteiger partial charge in [-0.3, -0.25) is 4.79 Å². The van der Waals surface area contributed by atoms with E-state index >= 15 is 0 Å². The summed E-state index contributed by atoms with van der Waals surface area (Å²) in [5.41, 5.74) is 2.20. The number of piperazine rings is 1. The summed E-state index contributed by atoms with van der Waals surface area (Å²) in [5, 5.41) is 1.43. The van der Waals surface area contributed by atoms with Crippen molar-refractivity contribution in [3.8, 4) is 11.4 Å². The summed E-state index contributed by atoms with van der Waals surface area (Å²) in [5.74, 6) is 0.612. The van der Waals surface area contributed by atoms with Gasteiger partial charge in [0.1, 0.15) is 17.5 Å². The number of carbonyl (C=O) groups is 1. The summed E-state index contributed by atoms with van der Waals surface area (Å²) in [7, 11) is 0. The number of amides is 1. The largest absolute Gasteiger partial charge is 0.352 e. The van der Waals surface area contributed by atoms with Gasteiger partial charge in [0.05, 0.1) is 11.9 Å². The zero-order chi connectivity index (χ0) is 23.7. The van der Waals surface area contributed by atoms with E-state index in [2.05, 4.69) is 9.88 Å². The van der Waals surface area contributed by atoms with Gasteiger partial charge in [-0.15, -0.1) is 0 Å². The fraction of sp³-hybridized carbons (Fsp3) is 0.192. The molecule has 0 N–H and O–H groups in total. The number of fused-ring (bicyclic) bond motifs is 1. The lowest BCUT2D eigenvalue weighted by Gasteiger charge is -2.36. The summed E-state index contributed by atoms with van der Waals surface area (Å²) < 4.78 is 26.6. The minimum atomic E-state index is -0.325. The predicted molar refractivity (Wildman–Crippen MR) is 129 cm³/mol. The minimum absolute atomic E-state index is 0.0117. The second kappa shape index (κ2) is 9.35. The molecule has 34 heavy (non-hydrogen) atoms. The van der Waals surface area contributed by atoms with Crippen molar-refractivity contribution in [2.75, 3.05) is 31.1 Å². The van der Waals surface area contributed by atoms with E-state index in [0.29, 0.717) is 48.1 Å². The molecule has 1 fully saturated rings. The van der Waals surface area contributed by atoms with Gasteiger partial charge in [-0.05, 0) is 60.2 Å². The van der Waals surface area contributed by atoms with Crippen LogP contribution < -0.4 is 4.90 Å². The quantitative estimate of drug-likeness (QED) is 0.408. The van der Waals surface area contributed by atoms with Gasteiger partial charge in [0.15, 0.2) is 5.82 Å². The Kier molecular flexibility index (Phi) is 6.11. The van der Waals surface area contributed by atoms with Crippen molar-refractivity contribution in [2.24, 2.45) is 0 Å². The van der Waals surface area contributed by atoms with Crippen LogP contribution in [0.25, 0.3) is 22.3 Å². The van der Waals surface area contributed by atoms with E-state index < -0.39 is 0 Å². The molecule has 1 saturated heterocycles. The van der Waals surface area contributed by atoms with Crippen LogP contribution in [0.4, 0.5) is 14.6 Å². The molecule has 2 heterocycles. The Morgan fingerprint density at radius 3 is 2.18 bits per heavy atom. The van der Waals surface area contributed by atoms with Crippen molar-refractivity contribution in [3.63, 3.8) is 0 Å². The van der Waals surface area contributed by atoms with Crippen molar-refractivity contribution in [1.82, 2.24) is 14.9 Å². The third kappa shape index (κ3) is 4.70. The van der Waals surface area contributed by atoms with E-state index in [1.54, 1.807) is 36.4 Å². The predicted octanol–water partition coefficient (Wildman–Crippen LogP) is 5.12. The number of hydrogen-bond acceptors (Lipinski definition) is 4. The molecule has 0 atom stereocenters. The van der Waals surface area contributed by atoms with E-state index in [1.165, 1.54) is 24.3 Å². The maximum absolute atomic E-state index is 13.4. The SMILES string of the molecule is O=C(Cc1ccc(F)cc1)N1CCN(c2nc(-c3ccc(F)cc3)nc3cc(Cl)ccc23)CC1. The highest BCUT2D eigenvalue weighted by Crippen LogP contribution is 2.30. The number of hydrogen-bond donors (Lipinski definition) is 0. The molecule has 0 unspecified atom stereocenters. The molecule has 4 aromatic rings. The average Bonchev–Trinajstić information content (AvgIpc) is 2.85. The molecule has 0 spiro atoms. The van der Waals surface area contributed by atoms with Gasteiger partial charge in [0.2, 0.25) is 5.91 Å². The Bertz CT molecular complexity index is 1340. The van der Waals surface area contributed by atoms with Crippen molar-refractivity contribution in [1.29, 1.82) is 0 Å². The Labute approximate surface area is 200 Å². The monoisotopic (exact) mass is 478 g/mol. The molecule has 0 radical (unpaired) electrons. The second-order valence-electron chi connectivity index (χ2n) is 8.21. The van der Waals surface area contributed by atoms with Crippen LogP contribution in [0.1, 0.15) is 5.56 Å². The summed E-state index contributed by atoms with van der Waals surface area (Å²) >= 11 is 6.22. The molecule has 0 saturated carbocycles. The van der Waals surface area contributed by atoms with Crippen LogP contribution in [-0.4, -0.2) is 47.0 Å². The Hall–Kier alpha value is -3.58. The number of halogens is 3. The third-order valence-corrected chi connectivity index (χ3v) is 6.18. The van der Waals surface area contributed by atoms with Gasteiger partial charge in [-0.25, -0.2) is 18.7 Å². The van der Waals surface area contributed by atoms with Crippen LogP contribution in [0.2, 0.25) is 5.02 Å². The number of carbonyl (C=O) groups excluding carboxylic acids is 1. The molecule has 1 aromatic heterocycles. The smallest absolute Gasteiger partial charge is 0.227 e. The van der Waals surface area contributed by atoms with Gasteiger partial charge >= 0.3 is 0 Å². The van der Waals surface area contributed by atoms with E-state index in [1.807, 2.05) is 11.0 Å². The van der Waals surface area contributed by atoms with E-state index in [0.717, 1.165) is 16.8 Å². The molecular formula is C26H21ClF2N4O. The normalized spacial score (nSPS) is 14.0. The molecule has 5 nitrogen and oxygen atoms in total. The molecule has 3 aromatic carbocycles. The third-order valence-electron chi connectivity index (χ3n) is 5.94. The zero-order valence-corrected chi connectivity index (χ0v) is 19.0. The summed E-state index contributed by atoms with van der Waals surface area (Å²) in [6.07, 6.45) is 0.240. The first-order chi connectivity index (χ1) is 16.5. The molecule has 8 heteroatoms. The number of aromatic nitrogens is 2. The van der Waals surface area contributed by atoms with Crippen LogP contribution in [0.5, 0.6) is 0 Å². The molecule has 1 amide bonds. The lowest BCUT2D eigenvalue weighted by Crippen LogP contribution is -2.49. The van der Waals surface area contributed by atoms with Crippen LogP contribution in [0.15, 0.2) is 66.7 Å². The van der Waals surface area contributed by atoms with Crippen molar-refractivity contribution in [3.05, 3.63) is 89.0 Å². The van der Waals surface area contributed by atoms with E-state index in [9.17, 15) is 13.6 Å². The standard InChI is InChI=1S/C26H21ClF2N4O/c27-19-5-10-22-23(16-19)30-25(18-3-8-21(29)9-4-18)31-26(22)33-13-11-32(12-14-33)24(34)15-17-1-6-20(28)7-2-17/h1-10,16H,11-15H2. The van der Waals surface area contributed by atoms with Crippen molar-refractivity contribution in [2.45, 2.75) is 6.42 Å². The maximum atomic E-state index is 13.4. The van der Waals surface area contributed by atoms with Crippen LogP contribution >= 0.6 is 11.6 Å². The zero-order valence-electron chi connectivity index (χ0n) is 18.2. The van der Waals surface area contributed by atoms with Gasteiger partial charge in [-0.1, -0.05) is 23.7 Å². The van der Waals surface area contributed by atoms with Crippen LogP contribution in [0, 0.1) is 11.6 Å². The fourth-order valence-corrected chi connectivity index (χ4v) is 4.28. The van der Waals surface area contributed by atoms with Gasteiger partial charge in [-0.2, -0.15) is 0 Å². The summed E-state index contributed by atoms with van der Waals surface area (Å²) in [6.45, 7) is 2.30. The first-order valence-electron chi connectivity index (χ1n) is 11.0. The number of rotatable bonds is 4. The number of nitrogens with zero attached hydrogens (tertiary/aromatic N) is 4. The average molecular weight is 479 g/mol. The number of benzene rings is 3. The maximum Gasteiger partial charge on any atom is 0.227 e. The highest BCUT2D eigenvalue weighted by atomic mass is 35.5. The lowest BCUT2D eigenvalue weighted by atomic mass is 10.1. The lowest BCUT2D eigenvalue weighted by molar-refractivity contribution is -0.130. The fourth-order valence-electron chi connectivity index (χ4n) is 4.11. The van der Waals surface area contributed by atoms with Gasteiger partial charge in [0, 0.05) is 42.2 Å². The molecule has 1 aliphatic rings. The van der Waals surface area contributed by atoms with Crippen LogP contribution in [0.3, 0.4) is 0 Å². The number of anilines is 1. The molecule has 1 aliphatic heterocycles. The molecule has 5 rings (SSSR count). The van der Waals surface area contributed by atoms with Gasteiger partial charge < -0.3 is 9.80 Å². The first kappa shape index (κ1) is 22.2. The van der Waals surface area contributed by atoms with Crippen molar-refractivity contribution < 1.29 is 13.6 Å². The Balaban J connectivity index is 1.38. The van der Waals surface area contributed by atoms with Crippen LogP contribution in [-0.2, 0) is 11.2 Å². The van der Waals surface area contributed by atoms with Crippen molar-refractivity contribution >= 4 is 34.2 Å².